The summed E-state index contributed by atoms with van der Waals surface area (Å²) in [6, 6.07) is 9.21. The minimum Gasteiger partial charge on any atom is -0.324 e. The molecule has 0 aliphatic rings. The Morgan fingerprint density at radius 2 is 1.96 bits per heavy atom. The first-order valence-corrected chi connectivity index (χ1v) is 8.15. The number of aryl methyl sites for hydroxylation is 4. The molecule has 0 atom stereocenters. The number of nitrogens with zero attached hydrogens (tertiary/aromatic N) is 3. The number of benzene rings is 1. The van der Waals surface area contributed by atoms with Crippen molar-refractivity contribution < 1.29 is 4.79 Å². The quantitative estimate of drug-likeness (QED) is 0.795. The average Bonchev–Trinajstić information content (AvgIpc) is 2.58. The molecule has 128 valence electrons. The molecule has 0 fully saturated rings. The summed E-state index contributed by atoms with van der Waals surface area (Å²) in [4.78, 5) is 28.6. The molecule has 0 saturated heterocycles. The van der Waals surface area contributed by atoms with Crippen molar-refractivity contribution in [2.24, 2.45) is 0 Å². The van der Waals surface area contributed by atoms with E-state index in [1.54, 1.807) is 10.7 Å². The van der Waals surface area contributed by atoms with Crippen molar-refractivity contribution in [3.63, 3.8) is 0 Å². The number of pyridine rings is 1. The van der Waals surface area contributed by atoms with Gasteiger partial charge in [-0.05, 0) is 44.5 Å². The topological polar surface area (TPSA) is 76.9 Å². The molecule has 1 amide bonds. The number of fused-ring (bicyclic) bond motifs is 1. The molecular formula is C19H20N4O2. The van der Waals surface area contributed by atoms with Crippen molar-refractivity contribution in [3.05, 3.63) is 63.7 Å². The number of hydrogen-bond acceptors (Lipinski definition) is 4. The number of nitrogens with one attached hydrogen (secondary N) is 1. The van der Waals surface area contributed by atoms with Gasteiger partial charge >= 0.3 is 0 Å². The van der Waals surface area contributed by atoms with Gasteiger partial charge in [-0.25, -0.2) is 0 Å². The van der Waals surface area contributed by atoms with E-state index in [1.807, 2.05) is 45.0 Å². The van der Waals surface area contributed by atoms with E-state index in [1.165, 1.54) is 6.20 Å². The Morgan fingerprint density at radius 3 is 2.72 bits per heavy atom. The van der Waals surface area contributed by atoms with E-state index in [2.05, 4.69) is 15.4 Å². The fourth-order valence-corrected chi connectivity index (χ4v) is 2.96. The van der Waals surface area contributed by atoms with Crippen LogP contribution in [0.1, 0.15) is 23.4 Å². The van der Waals surface area contributed by atoms with Gasteiger partial charge in [-0.15, -0.1) is 0 Å². The highest BCUT2D eigenvalue weighted by atomic mass is 16.1. The zero-order chi connectivity index (χ0) is 18.0. The Labute approximate surface area is 145 Å². The highest BCUT2D eigenvalue weighted by Gasteiger charge is 2.10. The molecule has 0 unspecified atom stereocenters. The third kappa shape index (κ3) is 3.57. The van der Waals surface area contributed by atoms with Crippen LogP contribution in [0, 0.1) is 20.8 Å². The maximum Gasteiger partial charge on any atom is 0.226 e. The number of amides is 1. The Kier molecular flexibility index (Phi) is 4.61. The van der Waals surface area contributed by atoms with Crippen molar-refractivity contribution in [2.75, 3.05) is 5.32 Å². The second kappa shape index (κ2) is 6.84. The van der Waals surface area contributed by atoms with E-state index in [0.29, 0.717) is 11.9 Å². The number of para-hydroxylation sites is 1. The van der Waals surface area contributed by atoms with Crippen LogP contribution in [-0.2, 0) is 11.3 Å². The fraction of sp³-hybridized carbons (Fsp3) is 0.263. The van der Waals surface area contributed by atoms with Crippen LogP contribution in [0.15, 0.2) is 41.3 Å². The summed E-state index contributed by atoms with van der Waals surface area (Å²) in [5.41, 5.74) is 4.09. The molecule has 0 bridgehead atoms. The van der Waals surface area contributed by atoms with Crippen LogP contribution in [0.25, 0.3) is 10.9 Å². The SMILES string of the molecule is Cc1cc(C)c(NC(=O)CCn2ncc(=O)c3ccccc32)c(C)n1. The maximum absolute atomic E-state index is 12.3. The summed E-state index contributed by atoms with van der Waals surface area (Å²) < 4.78 is 1.68. The largest absolute Gasteiger partial charge is 0.324 e. The van der Waals surface area contributed by atoms with Gasteiger partial charge in [-0.3, -0.25) is 19.3 Å². The summed E-state index contributed by atoms with van der Waals surface area (Å²) in [6.07, 6.45) is 1.55. The van der Waals surface area contributed by atoms with Gasteiger partial charge in [0.25, 0.3) is 0 Å². The van der Waals surface area contributed by atoms with E-state index < -0.39 is 0 Å². The second-order valence-electron chi connectivity index (χ2n) is 6.09. The second-order valence-corrected chi connectivity index (χ2v) is 6.09. The van der Waals surface area contributed by atoms with Crippen LogP contribution >= 0.6 is 0 Å². The predicted octanol–water partition coefficient (Wildman–Crippen LogP) is 2.75. The van der Waals surface area contributed by atoms with Crippen molar-refractivity contribution in [3.8, 4) is 0 Å². The summed E-state index contributed by atoms with van der Waals surface area (Å²) in [7, 11) is 0. The predicted molar refractivity (Wildman–Crippen MR) is 97.7 cm³/mol. The molecule has 6 heteroatoms. The average molecular weight is 336 g/mol. The first-order valence-electron chi connectivity index (χ1n) is 8.15. The van der Waals surface area contributed by atoms with E-state index in [9.17, 15) is 9.59 Å². The van der Waals surface area contributed by atoms with Gasteiger partial charge < -0.3 is 5.32 Å². The Bertz CT molecular complexity index is 985. The molecule has 2 heterocycles. The van der Waals surface area contributed by atoms with Gasteiger partial charge in [0.15, 0.2) is 0 Å². The number of anilines is 1. The first kappa shape index (κ1) is 16.8. The van der Waals surface area contributed by atoms with Crippen LogP contribution in [-0.4, -0.2) is 20.7 Å². The molecule has 6 nitrogen and oxygen atoms in total. The highest BCUT2D eigenvalue weighted by molar-refractivity contribution is 5.92. The van der Waals surface area contributed by atoms with Crippen molar-refractivity contribution in [2.45, 2.75) is 33.7 Å². The van der Waals surface area contributed by atoms with Gasteiger partial charge in [0, 0.05) is 17.5 Å². The van der Waals surface area contributed by atoms with E-state index in [0.717, 1.165) is 28.2 Å². The molecule has 1 aromatic carbocycles. The lowest BCUT2D eigenvalue weighted by Crippen LogP contribution is -2.19. The fourth-order valence-electron chi connectivity index (χ4n) is 2.96. The van der Waals surface area contributed by atoms with Crippen molar-refractivity contribution in [1.82, 2.24) is 14.8 Å². The molecule has 0 aliphatic carbocycles. The van der Waals surface area contributed by atoms with E-state index >= 15 is 0 Å². The Morgan fingerprint density at radius 1 is 1.20 bits per heavy atom. The molecule has 0 radical (unpaired) electrons. The maximum atomic E-state index is 12.3. The summed E-state index contributed by atoms with van der Waals surface area (Å²) >= 11 is 0. The van der Waals surface area contributed by atoms with Crippen LogP contribution in [0.5, 0.6) is 0 Å². The first-order chi connectivity index (χ1) is 12.0. The number of aromatic nitrogens is 3. The van der Waals surface area contributed by atoms with Gasteiger partial charge in [0.05, 0.1) is 29.6 Å². The lowest BCUT2D eigenvalue weighted by atomic mass is 10.1. The third-order valence-electron chi connectivity index (χ3n) is 4.10. The minimum atomic E-state index is -0.117. The molecule has 0 spiro atoms. The number of carbonyl (C=O) groups is 1. The normalized spacial score (nSPS) is 10.8. The standard InChI is InChI=1S/C19H20N4O2/c1-12-10-13(2)21-14(3)19(12)22-18(25)8-9-23-16-7-5-4-6-15(16)17(24)11-20-23/h4-7,10-11H,8-9H2,1-3H3,(H,22,25). The van der Waals surface area contributed by atoms with Crippen molar-refractivity contribution in [1.29, 1.82) is 0 Å². The molecule has 0 aliphatic heterocycles. The minimum absolute atomic E-state index is 0.110. The van der Waals surface area contributed by atoms with Gasteiger partial charge in [-0.1, -0.05) is 12.1 Å². The van der Waals surface area contributed by atoms with Crippen LogP contribution < -0.4 is 10.7 Å². The molecule has 1 N–H and O–H groups in total. The molecule has 2 aromatic heterocycles. The highest BCUT2D eigenvalue weighted by Crippen LogP contribution is 2.19. The van der Waals surface area contributed by atoms with Crippen LogP contribution in [0.2, 0.25) is 0 Å². The number of carbonyl (C=O) groups excluding carboxylic acids is 1. The monoisotopic (exact) mass is 336 g/mol. The van der Waals surface area contributed by atoms with Crippen molar-refractivity contribution >= 4 is 22.5 Å². The molecular weight excluding hydrogens is 316 g/mol. The van der Waals surface area contributed by atoms with Crippen LogP contribution in [0.3, 0.4) is 0 Å². The molecule has 25 heavy (non-hydrogen) atoms. The molecule has 0 saturated carbocycles. The number of rotatable bonds is 4. The third-order valence-corrected chi connectivity index (χ3v) is 4.10. The molecule has 3 rings (SSSR count). The van der Waals surface area contributed by atoms with Gasteiger partial charge in [-0.2, -0.15) is 5.10 Å². The molecule has 3 aromatic rings. The Hall–Kier alpha value is -3.02. The van der Waals surface area contributed by atoms with E-state index in [4.69, 9.17) is 0 Å². The van der Waals surface area contributed by atoms with E-state index in [-0.39, 0.29) is 17.8 Å². The Balaban J connectivity index is 1.76. The number of hydrogen-bond donors (Lipinski definition) is 1. The summed E-state index contributed by atoms with van der Waals surface area (Å²) in [5.74, 6) is -0.110. The lowest BCUT2D eigenvalue weighted by Gasteiger charge is -2.13. The van der Waals surface area contributed by atoms with Crippen LogP contribution in [0.4, 0.5) is 5.69 Å². The zero-order valence-electron chi connectivity index (χ0n) is 14.5. The smallest absolute Gasteiger partial charge is 0.226 e. The zero-order valence-corrected chi connectivity index (χ0v) is 14.5. The summed E-state index contributed by atoms with van der Waals surface area (Å²) in [5, 5.41) is 7.68. The lowest BCUT2D eigenvalue weighted by molar-refractivity contribution is -0.116. The van der Waals surface area contributed by atoms with Gasteiger partial charge in [0.1, 0.15) is 0 Å². The summed E-state index contributed by atoms with van der Waals surface area (Å²) in [6.45, 7) is 6.16. The van der Waals surface area contributed by atoms with Gasteiger partial charge in [0.2, 0.25) is 11.3 Å².